The van der Waals surface area contributed by atoms with Gasteiger partial charge in [0.2, 0.25) is 0 Å². The number of ether oxygens (including phenoxy) is 1. The van der Waals surface area contributed by atoms with Crippen LogP contribution in [0.5, 0.6) is 0 Å². The van der Waals surface area contributed by atoms with Gasteiger partial charge in [-0.15, -0.1) is 11.3 Å². The van der Waals surface area contributed by atoms with Crippen LogP contribution in [0.3, 0.4) is 0 Å². The third kappa shape index (κ3) is 3.01. The number of thiophene rings is 1. The van der Waals surface area contributed by atoms with E-state index in [2.05, 4.69) is 27.7 Å². The molecule has 1 aromatic rings. The van der Waals surface area contributed by atoms with Crippen LogP contribution in [0.15, 0.2) is 17.5 Å². The summed E-state index contributed by atoms with van der Waals surface area (Å²) in [5.41, 5.74) is 0. The standard InChI is InChI=1S/C11H18N2OS/c1-14-10(11-3-2-8-15-11)9-13-6-4-12-5-7-13/h2-3,8,10,12H,4-7,9H2,1H3. The topological polar surface area (TPSA) is 24.5 Å². The van der Waals surface area contributed by atoms with Crippen LogP contribution in [0.2, 0.25) is 0 Å². The Bertz CT molecular complexity index is 270. The molecule has 0 aliphatic carbocycles. The molecule has 4 heteroatoms. The van der Waals surface area contributed by atoms with E-state index in [0.29, 0.717) is 0 Å². The number of rotatable bonds is 4. The normalized spacial score (nSPS) is 20.3. The lowest BCUT2D eigenvalue weighted by atomic mass is 10.2. The van der Waals surface area contributed by atoms with Crippen LogP contribution >= 0.6 is 11.3 Å². The number of hydrogen-bond donors (Lipinski definition) is 1. The van der Waals surface area contributed by atoms with Gasteiger partial charge < -0.3 is 10.1 Å². The summed E-state index contributed by atoms with van der Waals surface area (Å²) in [6.07, 6.45) is 0.239. The zero-order chi connectivity index (χ0) is 10.5. The van der Waals surface area contributed by atoms with Crippen LogP contribution in [-0.2, 0) is 4.74 Å². The van der Waals surface area contributed by atoms with E-state index >= 15 is 0 Å². The minimum absolute atomic E-state index is 0.239. The van der Waals surface area contributed by atoms with Gasteiger partial charge in [-0.2, -0.15) is 0 Å². The molecule has 1 aromatic heterocycles. The second kappa shape index (κ2) is 5.61. The van der Waals surface area contributed by atoms with E-state index in [1.165, 1.54) is 4.88 Å². The highest BCUT2D eigenvalue weighted by atomic mass is 32.1. The Kier molecular flexibility index (Phi) is 4.14. The van der Waals surface area contributed by atoms with Gasteiger partial charge in [-0.3, -0.25) is 4.90 Å². The van der Waals surface area contributed by atoms with Crippen LogP contribution in [0.1, 0.15) is 11.0 Å². The first-order chi connectivity index (χ1) is 7.40. The molecule has 1 fully saturated rings. The second-order valence-corrected chi connectivity index (χ2v) is 4.77. The van der Waals surface area contributed by atoms with Gasteiger partial charge in [0.15, 0.2) is 0 Å². The lowest BCUT2D eigenvalue weighted by molar-refractivity contribution is 0.0618. The molecule has 0 radical (unpaired) electrons. The molecule has 84 valence electrons. The lowest BCUT2D eigenvalue weighted by Crippen LogP contribution is -2.45. The summed E-state index contributed by atoms with van der Waals surface area (Å²) in [7, 11) is 1.80. The summed E-state index contributed by atoms with van der Waals surface area (Å²) < 4.78 is 5.55. The predicted molar refractivity (Wildman–Crippen MR) is 63.4 cm³/mol. The smallest absolute Gasteiger partial charge is 0.104 e. The largest absolute Gasteiger partial charge is 0.375 e. The first kappa shape index (κ1) is 11.1. The van der Waals surface area contributed by atoms with Gasteiger partial charge in [-0.05, 0) is 11.4 Å². The molecule has 1 aliphatic rings. The molecule has 2 rings (SSSR count). The third-order valence-electron chi connectivity index (χ3n) is 2.78. The van der Waals surface area contributed by atoms with Crippen molar-refractivity contribution < 1.29 is 4.74 Å². The Morgan fingerprint density at radius 2 is 2.33 bits per heavy atom. The van der Waals surface area contributed by atoms with Gasteiger partial charge in [-0.1, -0.05) is 6.07 Å². The Hall–Kier alpha value is -0.420. The van der Waals surface area contributed by atoms with Gasteiger partial charge >= 0.3 is 0 Å². The zero-order valence-corrected chi connectivity index (χ0v) is 9.93. The van der Waals surface area contributed by atoms with Crippen molar-refractivity contribution in [3.05, 3.63) is 22.4 Å². The molecular formula is C11H18N2OS. The van der Waals surface area contributed by atoms with Gasteiger partial charge in [0, 0.05) is 44.7 Å². The number of nitrogens with zero attached hydrogens (tertiary/aromatic N) is 1. The molecule has 1 atom stereocenters. The first-order valence-corrected chi connectivity index (χ1v) is 6.27. The zero-order valence-electron chi connectivity index (χ0n) is 9.11. The molecule has 3 nitrogen and oxygen atoms in total. The average Bonchev–Trinajstić information content (AvgIpc) is 2.81. The maximum absolute atomic E-state index is 5.55. The lowest BCUT2D eigenvalue weighted by Gasteiger charge is -2.29. The molecule has 0 bridgehead atoms. The summed E-state index contributed by atoms with van der Waals surface area (Å²) >= 11 is 1.78. The van der Waals surface area contributed by atoms with Crippen molar-refractivity contribution in [2.75, 3.05) is 39.8 Å². The number of nitrogens with one attached hydrogen (secondary N) is 1. The minimum atomic E-state index is 0.239. The quantitative estimate of drug-likeness (QED) is 0.838. The van der Waals surface area contributed by atoms with Crippen molar-refractivity contribution in [2.45, 2.75) is 6.10 Å². The summed E-state index contributed by atoms with van der Waals surface area (Å²) in [5, 5.41) is 5.47. The molecule has 0 spiro atoms. The highest BCUT2D eigenvalue weighted by Crippen LogP contribution is 2.22. The number of piperazine rings is 1. The Balaban J connectivity index is 1.90. The van der Waals surface area contributed by atoms with E-state index in [-0.39, 0.29) is 6.10 Å². The number of methoxy groups -OCH3 is 1. The van der Waals surface area contributed by atoms with Gasteiger partial charge in [0.25, 0.3) is 0 Å². The van der Waals surface area contributed by atoms with E-state index in [9.17, 15) is 0 Å². The predicted octanol–water partition coefficient (Wildman–Crippen LogP) is 1.34. The molecule has 1 N–H and O–H groups in total. The second-order valence-electron chi connectivity index (χ2n) is 3.79. The maximum atomic E-state index is 5.55. The van der Waals surface area contributed by atoms with Crippen LogP contribution < -0.4 is 5.32 Å². The summed E-state index contributed by atoms with van der Waals surface area (Å²) in [5.74, 6) is 0. The summed E-state index contributed by atoms with van der Waals surface area (Å²) in [4.78, 5) is 3.79. The fourth-order valence-electron chi connectivity index (χ4n) is 1.88. The van der Waals surface area contributed by atoms with Crippen molar-refractivity contribution >= 4 is 11.3 Å². The van der Waals surface area contributed by atoms with Gasteiger partial charge in [0.05, 0.1) is 0 Å². The Labute approximate surface area is 95.0 Å². The van der Waals surface area contributed by atoms with Crippen LogP contribution in [0.4, 0.5) is 0 Å². The molecule has 0 saturated carbocycles. The average molecular weight is 226 g/mol. The Morgan fingerprint density at radius 3 is 2.93 bits per heavy atom. The monoisotopic (exact) mass is 226 g/mol. The highest BCUT2D eigenvalue weighted by molar-refractivity contribution is 7.10. The van der Waals surface area contributed by atoms with Crippen molar-refractivity contribution in [1.29, 1.82) is 0 Å². The molecule has 1 aliphatic heterocycles. The van der Waals surface area contributed by atoms with E-state index in [0.717, 1.165) is 32.7 Å². The Morgan fingerprint density at radius 1 is 1.53 bits per heavy atom. The molecule has 0 amide bonds. The third-order valence-corrected chi connectivity index (χ3v) is 3.74. The first-order valence-electron chi connectivity index (χ1n) is 5.39. The summed E-state index contributed by atoms with van der Waals surface area (Å²) in [6, 6.07) is 4.24. The molecule has 2 heterocycles. The molecule has 0 aromatic carbocycles. The fourth-order valence-corrected chi connectivity index (χ4v) is 2.68. The molecule has 1 saturated heterocycles. The highest BCUT2D eigenvalue weighted by Gasteiger charge is 2.17. The van der Waals surface area contributed by atoms with E-state index in [4.69, 9.17) is 4.74 Å². The fraction of sp³-hybridized carbons (Fsp3) is 0.636. The van der Waals surface area contributed by atoms with Crippen LogP contribution in [0, 0.1) is 0 Å². The number of hydrogen-bond acceptors (Lipinski definition) is 4. The minimum Gasteiger partial charge on any atom is -0.375 e. The van der Waals surface area contributed by atoms with Gasteiger partial charge in [-0.25, -0.2) is 0 Å². The van der Waals surface area contributed by atoms with Crippen molar-refractivity contribution in [3.8, 4) is 0 Å². The van der Waals surface area contributed by atoms with Crippen LogP contribution in [-0.4, -0.2) is 44.7 Å². The van der Waals surface area contributed by atoms with Crippen molar-refractivity contribution in [3.63, 3.8) is 0 Å². The van der Waals surface area contributed by atoms with Crippen molar-refractivity contribution in [1.82, 2.24) is 10.2 Å². The molecular weight excluding hydrogens is 208 g/mol. The SMILES string of the molecule is COC(CN1CCNCC1)c1cccs1. The summed E-state index contributed by atoms with van der Waals surface area (Å²) in [6.45, 7) is 5.47. The van der Waals surface area contributed by atoms with Gasteiger partial charge in [0.1, 0.15) is 6.10 Å². The molecule has 15 heavy (non-hydrogen) atoms. The van der Waals surface area contributed by atoms with Crippen molar-refractivity contribution in [2.24, 2.45) is 0 Å². The van der Waals surface area contributed by atoms with Crippen LogP contribution in [0.25, 0.3) is 0 Å². The van der Waals surface area contributed by atoms with E-state index in [1.54, 1.807) is 18.4 Å². The maximum Gasteiger partial charge on any atom is 0.104 e. The van der Waals surface area contributed by atoms with E-state index in [1.807, 2.05) is 0 Å². The molecule has 1 unspecified atom stereocenters. The van der Waals surface area contributed by atoms with E-state index < -0.39 is 0 Å².